The van der Waals surface area contributed by atoms with Crippen molar-refractivity contribution in [3.63, 3.8) is 0 Å². The molecule has 2 rings (SSSR count). The summed E-state index contributed by atoms with van der Waals surface area (Å²) >= 11 is 5.67. The first kappa shape index (κ1) is 17.3. The van der Waals surface area contributed by atoms with Crippen molar-refractivity contribution in [3.05, 3.63) is 83.9 Å². The van der Waals surface area contributed by atoms with Crippen molar-refractivity contribution >= 4 is 17.5 Å². The molecule has 23 heavy (non-hydrogen) atoms. The van der Waals surface area contributed by atoms with Crippen LogP contribution >= 0.6 is 11.6 Å². The highest BCUT2D eigenvalue weighted by Crippen LogP contribution is 2.26. The standard InChI is InChI=1S/C20H22ClNO/c1-2-22(16-10-9-15-21)20(23)19(17-11-5-3-6-12-17)18-13-7-4-8-14-18/h3-14,19H,2,15-16H2,1H3. The quantitative estimate of drug-likeness (QED) is 0.543. The van der Waals surface area contributed by atoms with Gasteiger partial charge in [0.1, 0.15) is 0 Å². The molecule has 0 saturated carbocycles. The molecule has 2 aromatic rings. The minimum Gasteiger partial charge on any atom is -0.338 e. The molecule has 2 nitrogen and oxygen atoms in total. The third-order valence-corrected chi connectivity index (χ3v) is 3.97. The molecule has 0 aliphatic heterocycles. The molecule has 0 bridgehead atoms. The van der Waals surface area contributed by atoms with Crippen molar-refractivity contribution < 1.29 is 4.79 Å². The van der Waals surface area contributed by atoms with E-state index in [1.54, 1.807) is 0 Å². The van der Waals surface area contributed by atoms with Crippen LogP contribution in [-0.2, 0) is 4.79 Å². The molecule has 3 heteroatoms. The smallest absolute Gasteiger partial charge is 0.234 e. The van der Waals surface area contributed by atoms with Gasteiger partial charge < -0.3 is 4.90 Å². The lowest BCUT2D eigenvalue weighted by molar-refractivity contribution is -0.131. The molecule has 1 amide bonds. The molecule has 0 aliphatic carbocycles. The number of amides is 1. The summed E-state index contributed by atoms with van der Waals surface area (Å²) < 4.78 is 0. The number of benzene rings is 2. The van der Waals surface area contributed by atoms with Crippen LogP contribution in [0.1, 0.15) is 24.0 Å². The fourth-order valence-electron chi connectivity index (χ4n) is 2.59. The van der Waals surface area contributed by atoms with E-state index in [0.29, 0.717) is 19.0 Å². The van der Waals surface area contributed by atoms with Crippen molar-refractivity contribution in [2.45, 2.75) is 12.8 Å². The van der Waals surface area contributed by atoms with E-state index in [-0.39, 0.29) is 11.8 Å². The summed E-state index contributed by atoms with van der Waals surface area (Å²) in [6.07, 6.45) is 3.82. The Hall–Kier alpha value is -2.06. The Morgan fingerprint density at radius 1 is 1.00 bits per heavy atom. The van der Waals surface area contributed by atoms with Crippen LogP contribution in [0, 0.1) is 0 Å². The van der Waals surface area contributed by atoms with Crippen LogP contribution in [0.15, 0.2) is 72.8 Å². The SMILES string of the molecule is CCN(CC=CCCl)C(=O)C(c1ccccc1)c1ccccc1. The second-order valence-corrected chi connectivity index (χ2v) is 5.57. The average molecular weight is 328 g/mol. The zero-order valence-electron chi connectivity index (χ0n) is 13.4. The molecule has 0 saturated heterocycles. The number of hydrogen-bond donors (Lipinski definition) is 0. The maximum atomic E-state index is 13.1. The minimum atomic E-state index is -0.276. The molecular formula is C20H22ClNO. The minimum absolute atomic E-state index is 0.115. The molecule has 2 aromatic carbocycles. The van der Waals surface area contributed by atoms with Gasteiger partial charge in [-0.3, -0.25) is 4.79 Å². The molecule has 0 heterocycles. The van der Waals surface area contributed by atoms with Gasteiger partial charge in [0, 0.05) is 19.0 Å². The summed E-state index contributed by atoms with van der Waals surface area (Å²) in [4.78, 5) is 15.0. The summed E-state index contributed by atoms with van der Waals surface area (Å²) in [5, 5.41) is 0. The van der Waals surface area contributed by atoms with Crippen LogP contribution in [0.25, 0.3) is 0 Å². The van der Waals surface area contributed by atoms with Crippen molar-refractivity contribution in [2.75, 3.05) is 19.0 Å². The van der Waals surface area contributed by atoms with Gasteiger partial charge in [-0.05, 0) is 18.1 Å². The molecule has 0 aliphatic rings. The monoisotopic (exact) mass is 327 g/mol. The topological polar surface area (TPSA) is 20.3 Å². The van der Waals surface area contributed by atoms with Gasteiger partial charge in [0.2, 0.25) is 5.91 Å². The Labute approximate surface area is 143 Å². The van der Waals surface area contributed by atoms with E-state index in [1.807, 2.05) is 84.6 Å². The van der Waals surface area contributed by atoms with Gasteiger partial charge in [-0.25, -0.2) is 0 Å². The second-order valence-electron chi connectivity index (χ2n) is 5.26. The van der Waals surface area contributed by atoms with E-state index in [2.05, 4.69) is 0 Å². The van der Waals surface area contributed by atoms with Crippen LogP contribution in [0.4, 0.5) is 0 Å². The molecular weight excluding hydrogens is 306 g/mol. The number of hydrogen-bond acceptors (Lipinski definition) is 1. The van der Waals surface area contributed by atoms with Gasteiger partial charge >= 0.3 is 0 Å². The Morgan fingerprint density at radius 2 is 1.52 bits per heavy atom. The van der Waals surface area contributed by atoms with Crippen LogP contribution in [-0.4, -0.2) is 29.8 Å². The molecule has 0 N–H and O–H groups in total. The molecule has 0 fully saturated rings. The fourth-order valence-corrected chi connectivity index (χ4v) is 2.72. The zero-order chi connectivity index (χ0) is 16.5. The Morgan fingerprint density at radius 3 is 1.96 bits per heavy atom. The molecule has 120 valence electrons. The lowest BCUT2D eigenvalue weighted by Crippen LogP contribution is -2.35. The summed E-state index contributed by atoms with van der Waals surface area (Å²) in [5.41, 5.74) is 2.03. The fraction of sp³-hybridized carbons (Fsp3) is 0.250. The van der Waals surface area contributed by atoms with Crippen LogP contribution < -0.4 is 0 Å². The summed E-state index contributed by atoms with van der Waals surface area (Å²) in [7, 11) is 0. The number of allylic oxidation sites excluding steroid dienone is 1. The first-order chi connectivity index (χ1) is 11.3. The predicted molar refractivity (Wildman–Crippen MR) is 96.8 cm³/mol. The van der Waals surface area contributed by atoms with Gasteiger partial charge in [-0.1, -0.05) is 72.8 Å². The lowest BCUT2D eigenvalue weighted by atomic mass is 9.90. The zero-order valence-corrected chi connectivity index (χ0v) is 14.1. The number of carbonyl (C=O) groups excluding carboxylic acids is 1. The first-order valence-corrected chi connectivity index (χ1v) is 8.41. The maximum absolute atomic E-state index is 13.1. The Bertz CT molecular complexity index is 585. The van der Waals surface area contributed by atoms with E-state index in [9.17, 15) is 4.79 Å². The Kier molecular flexibility index (Phi) is 6.89. The summed E-state index contributed by atoms with van der Waals surface area (Å²) in [5.74, 6) is 0.304. The number of rotatable bonds is 7. The predicted octanol–water partition coefficient (Wildman–Crippen LogP) is 4.46. The van der Waals surface area contributed by atoms with Crippen LogP contribution in [0.3, 0.4) is 0 Å². The highest BCUT2D eigenvalue weighted by molar-refractivity contribution is 6.18. The van der Waals surface area contributed by atoms with Crippen LogP contribution in [0.5, 0.6) is 0 Å². The van der Waals surface area contributed by atoms with E-state index in [4.69, 9.17) is 11.6 Å². The molecule has 0 atom stereocenters. The van der Waals surface area contributed by atoms with Crippen LogP contribution in [0.2, 0.25) is 0 Å². The maximum Gasteiger partial charge on any atom is 0.234 e. The first-order valence-electron chi connectivity index (χ1n) is 7.87. The van der Waals surface area contributed by atoms with Crippen molar-refractivity contribution in [2.24, 2.45) is 0 Å². The molecule has 0 aromatic heterocycles. The highest BCUT2D eigenvalue weighted by atomic mass is 35.5. The Balaban J connectivity index is 2.33. The van der Waals surface area contributed by atoms with Gasteiger partial charge in [0.05, 0.1) is 5.92 Å². The van der Waals surface area contributed by atoms with E-state index >= 15 is 0 Å². The van der Waals surface area contributed by atoms with E-state index in [1.165, 1.54) is 0 Å². The summed E-state index contributed by atoms with van der Waals surface area (Å²) in [6.45, 7) is 3.25. The van der Waals surface area contributed by atoms with Gasteiger partial charge in [0.15, 0.2) is 0 Å². The molecule has 0 unspecified atom stereocenters. The number of alkyl halides is 1. The van der Waals surface area contributed by atoms with E-state index in [0.717, 1.165) is 11.1 Å². The largest absolute Gasteiger partial charge is 0.338 e. The van der Waals surface area contributed by atoms with Gasteiger partial charge in [-0.15, -0.1) is 11.6 Å². The molecule has 0 radical (unpaired) electrons. The average Bonchev–Trinajstić information content (AvgIpc) is 2.61. The number of halogens is 1. The number of likely N-dealkylation sites (N-methyl/N-ethyl adjacent to an activating group) is 1. The van der Waals surface area contributed by atoms with E-state index < -0.39 is 0 Å². The van der Waals surface area contributed by atoms with Crippen molar-refractivity contribution in [1.29, 1.82) is 0 Å². The highest BCUT2D eigenvalue weighted by Gasteiger charge is 2.26. The number of nitrogens with zero attached hydrogens (tertiary/aromatic N) is 1. The van der Waals surface area contributed by atoms with Crippen molar-refractivity contribution in [1.82, 2.24) is 4.90 Å². The molecule has 0 spiro atoms. The second kappa shape index (κ2) is 9.16. The third-order valence-electron chi connectivity index (χ3n) is 3.79. The normalized spacial score (nSPS) is 11.1. The lowest BCUT2D eigenvalue weighted by Gasteiger charge is -2.26. The summed E-state index contributed by atoms with van der Waals surface area (Å²) in [6, 6.07) is 19.9. The van der Waals surface area contributed by atoms with Gasteiger partial charge in [0.25, 0.3) is 0 Å². The number of carbonyl (C=O) groups is 1. The van der Waals surface area contributed by atoms with Gasteiger partial charge in [-0.2, -0.15) is 0 Å². The third kappa shape index (κ3) is 4.70. The van der Waals surface area contributed by atoms with Crippen molar-refractivity contribution in [3.8, 4) is 0 Å².